The summed E-state index contributed by atoms with van der Waals surface area (Å²) in [5.41, 5.74) is 14.4. The van der Waals surface area contributed by atoms with Crippen LogP contribution in [0.5, 0.6) is 0 Å². The smallest absolute Gasteiger partial charge is 0.143 e. The van der Waals surface area contributed by atoms with E-state index in [9.17, 15) is 0 Å². The Morgan fingerprint density at radius 1 is 0.404 bits per heavy atom. The zero-order chi connectivity index (χ0) is 34.6. The van der Waals surface area contributed by atoms with Crippen molar-refractivity contribution in [3.8, 4) is 44.5 Å². The fourth-order valence-electron chi connectivity index (χ4n) is 9.34. The predicted octanol–water partition coefficient (Wildman–Crippen LogP) is 14.4. The van der Waals surface area contributed by atoms with E-state index in [2.05, 4.69) is 184 Å². The monoisotopic (exact) mass is 662 g/mol. The molecule has 52 heavy (non-hydrogen) atoms. The second kappa shape index (κ2) is 10.8. The van der Waals surface area contributed by atoms with Crippen molar-refractivity contribution >= 4 is 54.3 Å². The summed E-state index contributed by atoms with van der Waals surface area (Å²) in [6, 6.07) is 62.1. The maximum atomic E-state index is 7.01. The third-order valence-electron chi connectivity index (χ3n) is 11.6. The van der Waals surface area contributed by atoms with Crippen molar-refractivity contribution in [2.45, 2.75) is 19.3 Å². The first-order valence-electron chi connectivity index (χ1n) is 18.2. The van der Waals surface area contributed by atoms with E-state index >= 15 is 0 Å². The molecule has 0 fully saturated rings. The van der Waals surface area contributed by atoms with E-state index in [4.69, 9.17) is 4.42 Å². The molecule has 0 spiro atoms. The topological polar surface area (TPSA) is 13.1 Å². The molecule has 1 heteroatoms. The van der Waals surface area contributed by atoms with Gasteiger partial charge in [-0.25, -0.2) is 0 Å². The van der Waals surface area contributed by atoms with Crippen LogP contribution in [0.1, 0.15) is 25.0 Å². The Balaban J connectivity index is 1.27. The zero-order valence-electron chi connectivity index (χ0n) is 29.1. The molecule has 10 aromatic rings. The quantitative estimate of drug-likeness (QED) is 0.172. The standard InChI is InChI=1S/C51H34O/c1-51(2)43-23-13-12-22-40(43)47-42(30-44-48(49(47)51)41-29-28-33-16-6-7-17-35(33)50(41)52-44)46-38-20-10-8-18-36(38)45(37-19-9-11-21-39(37)46)34-26-24-32(25-27-34)31-14-4-3-5-15-31/h3-30H,1-2H3. The molecular weight excluding hydrogens is 629 g/mol. The molecule has 1 aromatic heterocycles. The number of hydrogen-bond donors (Lipinski definition) is 0. The van der Waals surface area contributed by atoms with Gasteiger partial charge in [0.2, 0.25) is 0 Å². The van der Waals surface area contributed by atoms with E-state index in [1.165, 1.54) is 93.3 Å². The van der Waals surface area contributed by atoms with Crippen molar-refractivity contribution in [2.24, 2.45) is 0 Å². The van der Waals surface area contributed by atoms with Gasteiger partial charge in [0.15, 0.2) is 0 Å². The Labute approximate surface area is 302 Å². The average Bonchev–Trinajstić information content (AvgIpc) is 3.69. The van der Waals surface area contributed by atoms with Gasteiger partial charge in [0.05, 0.1) is 0 Å². The van der Waals surface area contributed by atoms with Gasteiger partial charge in [-0.2, -0.15) is 0 Å². The summed E-state index contributed by atoms with van der Waals surface area (Å²) in [5, 5.41) is 9.74. The lowest BCUT2D eigenvalue weighted by molar-refractivity contribution is 0.658. The lowest BCUT2D eigenvalue weighted by Gasteiger charge is -2.24. The van der Waals surface area contributed by atoms with Gasteiger partial charge >= 0.3 is 0 Å². The van der Waals surface area contributed by atoms with Gasteiger partial charge in [0.25, 0.3) is 0 Å². The molecule has 244 valence electrons. The van der Waals surface area contributed by atoms with Crippen LogP contribution in [0, 0.1) is 0 Å². The Kier molecular flexibility index (Phi) is 6.08. The van der Waals surface area contributed by atoms with Crippen LogP contribution in [0.25, 0.3) is 98.8 Å². The fourth-order valence-corrected chi connectivity index (χ4v) is 9.34. The third-order valence-corrected chi connectivity index (χ3v) is 11.6. The number of benzene rings is 9. The van der Waals surface area contributed by atoms with Crippen molar-refractivity contribution < 1.29 is 4.42 Å². The summed E-state index contributed by atoms with van der Waals surface area (Å²) in [6.45, 7) is 4.78. The van der Waals surface area contributed by atoms with Crippen LogP contribution in [0.3, 0.4) is 0 Å². The molecule has 1 nitrogen and oxygen atoms in total. The molecule has 0 amide bonds. The number of rotatable bonds is 3. The highest BCUT2D eigenvalue weighted by molar-refractivity contribution is 6.25. The molecule has 0 aliphatic heterocycles. The normalized spacial score (nSPS) is 13.3. The lowest BCUT2D eigenvalue weighted by atomic mass is 9.78. The second-order valence-corrected chi connectivity index (χ2v) is 14.8. The van der Waals surface area contributed by atoms with Gasteiger partial charge in [-0.05, 0) is 94.7 Å². The number of hydrogen-bond acceptors (Lipinski definition) is 1. The molecule has 0 bridgehead atoms. The van der Waals surface area contributed by atoms with E-state index < -0.39 is 0 Å². The Hall–Kier alpha value is -6.44. The fraction of sp³-hybridized carbons (Fsp3) is 0.0588. The Bertz CT molecular complexity index is 3010. The molecule has 0 saturated heterocycles. The molecule has 1 aliphatic carbocycles. The van der Waals surface area contributed by atoms with Crippen LogP contribution in [-0.2, 0) is 5.41 Å². The maximum absolute atomic E-state index is 7.01. The van der Waals surface area contributed by atoms with Gasteiger partial charge in [-0.15, -0.1) is 0 Å². The van der Waals surface area contributed by atoms with Crippen LogP contribution >= 0.6 is 0 Å². The highest BCUT2D eigenvalue weighted by Gasteiger charge is 2.40. The Morgan fingerprint density at radius 3 is 1.67 bits per heavy atom. The molecule has 0 atom stereocenters. The van der Waals surface area contributed by atoms with Crippen LogP contribution in [0.15, 0.2) is 174 Å². The molecule has 9 aromatic carbocycles. The van der Waals surface area contributed by atoms with E-state index in [0.29, 0.717) is 0 Å². The Morgan fingerprint density at radius 2 is 0.962 bits per heavy atom. The van der Waals surface area contributed by atoms with Crippen LogP contribution in [0.4, 0.5) is 0 Å². The van der Waals surface area contributed by atoms with Crippen LogP contribution < -0.4 is 0 Å². The summed E-state index contributed by atoms with van der Waals surface area (Å²) in [6.07, 6.45) is 0. The number of furan rings is 1. The molecule has 0 unspecified atom stereocenters. The first-order valence-corrected chi connectivity index (χ1v) is 18.2. The minimum atomic E-state index is -0.227. The number of fused-ring (bicyclic) bond motifs is 11. The average molecular weight is 663 g/mol. The van der Waals surface area contributed by atoms with E-state index in [0.717, 1.165) is 16.6 Å². The molecule has 1 aliphatic rings. The van der Waals surface area contributed by atoms with Gasteiger partial charge in [-0.3, -0.25) is 0 Å². The van der Waals surface area contributed by atoms with Crippen molar-refractivity contribution in [2.75, 3.05) is 0 Å². The van der Waals surface area contributed by atoms with E-state index in [1.807, 2.05) is 0 Å². The summed E-state index contributed by atoms with van der Waals surface area (Å²) in [5.74, 6) is 0. The van der Waals surface area contributed by atoms with Crippen molar-refractivity contribution in [3.05, 3.63) is 181 Å². The van der Waals surface area contributed by atoms with Gasteiger partial charge in [0, 0.05) is 21.6 Å². The van der Waals surface area contributed by atoms with Gasteiger partial charge in [0.1, 0.15) is 11.2 Å². The first-order chi connectivity index (χ1) is 25.6. The minimum absolute atomic E-state index is 0.227. The van der Waals surface area contributed by atoms with Crippen LogP contribution in [0.2, 0.25) is 0 Å². The highest BCUT2D eigenvalue weighted by Crippen LogP contribution is 2.58. The summed E-state index contributed by atoms with van der Waals surface area (Å²) >= 11 is 0. The maximum Gasteiger partial charge on any atom is 0.143 e. The summed E-state index contributed by atoms with van der Waals surface area (Å²) < 4.78 is 7.01. The predicted molar refractivity (Wildman–Crippen MR) is 220 cm³/mol. The van der Waals surface area contributed by atoms with Gasteiger partial charge in [-0.1, -0.05) is 172 Å². The molecule has 11 rings (SSSR count). The van der Waals surface area contributed by atoms with E-state index in [-0.39, 0.29) is 5.41 Å². The minimum Gasteiger partial charge on any atom is -0.455 e. The van der Waals surface area contributed by atoms with Crippen molar-refractivity contribution in [1.82, 2.24) is 0 Å². The van der Waals surface area contributed by atoms with Crippen molar-refractivity contribution in [1.29, 1.82) is 0 Å². The first kappa shape index (κ1) is 29.3. The summed E-state index contributed by atoms with van der Waals surface area (Å²) in [7, 11) is 0. The molecule has 0 N–H and O–H groups in total. The van der Waals surface area contributed by atoms with Crippen molar-refractivity contribution in [3.63, 3.8) is 0 Å². The molecular formula is C51H34O. The zero-order valence-corrected chi connectivity index (χ0v) is 29.1. The lowest BCUT2D eigenvalue weighted by Crippen LogP contribution is -2.15. The SMILES string of the molecule is CC1(C)c2ccccc2-c2c(-c3c4ccccc4c(-c4ccc(-c5ccccc5)cc4)c4ccccc34)cc3oc4c5ccccc5ccc4c3c21. The molecule has 0 radical (unpaired) electrons. The third kappa shape index (κ3) is 3.99. The van der Waals surface area contributed by atoms with E-state index in [1.54, 1.807) is 0 Å². The highest BCUT2D eigenvalue weighted by atomic mass is 16.3. The van der Waals surface area contributed by atoms with Gasteiger partial charge < -0.3 is 4.42 Å². The largest absolute Gasteiger partial charge is 0.455 e. The second-order valence-electron chi connectivity index (χ2n) is 14.8. The van der Waals surface area contributed by atoms with Crippen LogP contribution in [-0.4, -0.2) is 0 Å². The molecule has 1 heterocycles. The molecule has 0 saturated carbocycles. The summed E-state index contributed by atoms with van der Waals surface area (Å²) in [4.78, 5) is 0.